The minimum atomic E-state index is -0.0324. The number of carbonyl (C=O) groups excluding carboxylic acids is 2. The van der Waals surface area contributed by atoms with Gasteiger partial charge in [0.15, 0.2) is 0 Å². The van der Waals surface area contributed by atoms with Crippen LogP contribution in [0.2, 0.25) is 0 Å². The number of hydrogen-bond acceptors (Lipinski definition) is 3. The van der Waals surface area contributed by atoms with Crippen LogP contribution in [0.3, 0.4) is 0 Å². The zero-order chi connectivity index (χ0) is 18.5. The zero-order valence-electron chi connectivity index (χ0n) is 15.4. The summed E-state index contributed by atoms with van der Waals surface area (Å²) in [5, 5.41) is 11.8. The molecule has 1 unspecified atom stereocenters. The van der Waals surface area contributed by atoms with Crippen LogP contribution >= 0.6 is 0 Å². The van der Waals surface area contributed by atoms with Gasteiger partial charge in [0.2, 0.25) is 11.8 Å². The Morgan fingerprint density at radius 1 is 1.08 bits per heavy atom. The molecule has 0 spiro atoms. The van der Waals surface area contributed by atoms with Gasteiger partial charge in [-0.2, -0.15) is 5.26 Å². The number of carbonyl (C=O) groups is 2. The van der Waals surface area contributed by atoms with Gasteiger partial charge in [-0.05, 0) is 68.7 Å². The largest absolute Gasteiger partial charge is 0.342 e. The van der Waals surface area contributed by atoms with Gasteiger partial charge in [0, 0.05) is 30.6 Å². The summed E-state index contributed by atoms with van der Waals surface area (Å²) in [6.45, 7) is 3.99. The van der Waals surface area contributed by atoms with Crippen molar-refractivity contribution >= 4 is 17.5 Å². The Balaban J connectivity index is 1.48. The molecule has 1 atom stereocenters. The molecule has 2 aliphatic rings. The summed E-state index contributed by atoms with van der Waals surface area (Å²) >= 11 is 0. The molecule has 1 N–H and O–H groups in total. The molecule has 1 aliphatic heterocycles. The molecule has 0 radical (unpaired) electrons. The third kappa shape index (κ3) is 4.43. The van der Waals surface area contributed by atoms with Gasteiger partial charge in [0.05, 0.1) is 11.6 Å². The molecule has 0 aromatic heterocycles. The normalized spacial score (nSPS) is 26.0. The smallest absolute Gasteiger partial charge is 0.227 e. The van der Waals surface area contributed by atoms with Crippen LogP contribution in [0, 0.1) is 29.1 Å². The number of piperidine rings is 1. The molecule has 3 rings (SSSR count). The average molecular weight is 353 g/mol. The van der Waals surface area contributed by atoms with E-state index in [0.29, 0.717) is 17.4 Å². The number of hydrogen-bond donors (Lipinski definition) is 1. The number of nitrogens with one attached hydrogen (secondary N) is 1. The zero-order valence-corrected chi connectivity index (χ0v) is 15.4. The molecule has 1 heterocycles. The summed E-state index contributed by atoms with van der Waals surface area (Å²) in [7, 11) is 0. The fourth-order valence-corrected chi connectivity index (χ4v) is 4.12. The number of rotatable bonds is 3. The fourth-order valence-electron chi connectivity index (χ4n) is 4.12. The Kier molecular flexibility index (Phi) is 5.92. The van der Waals surface area contributed by atoms with Crippen LogP contribution in [0.1, 0.15) is 51.0 Å². The molecule has 1 aromatic rings. The first-order valence-electron chi connectivity index (χ1n) is 9.66. The van der Waals surface area contributed by atoms with E-state index in [-0.39, 0.29) is 17.7 Å². The summed E-state index contributed by atoms with van der Waals surface area (Å²) in [5.74, 6) is 0.964. The van der Waals surface area contributed by atoms with Crippen LogP contribution in [-0.2, 0) is 9.59 Å². The first kappa shape index (κ1) is 18.4. The first-order valence-corrected chi connectivity index (χ1v) is 9.66. The Bertz CT molecular complexity index is 684. The van der Waals surface area contributed by atoms with Crippen LogP contribution in [0.25, 0.3) is 0 Å². The van der Waals surface area contributed by atoms with E-state index < -0.39 is 0 Å². The van der Waals surface area contributed by atoms with Gasteiger partial charge >= 0.3 is 0 Å². The highest BCUT2D eigenvalue weighted by molar-refractivity contribution is 5.92. The summed E-state index contributed by atoms with van der Waals surface area (Å²) in [6.07, 6.45) is 5.45. The van der Waals surface area contributed by atoms with Gasteiger partial charge in [-0.1, -0.05) is 6.92 Å². The molecule has 2 fully saturated rings. The lowest BCUT2D eigenvalue weighted by molar-refractivity contribution is -0.139. The highest BCUT2D eigenvalue weighted by Gasteiger charge is 2.33. The number of likely N-dealkylation sites (tertiary alicyclic amines) is 1. The van der Waals surface area contributed by atoms with Crippen molar-refractivity contribution < 1.29 is 9.59 Å². The number of benzene rings is 1. The highest BCUT2D eigenvalue weighted by atomic mass is 16.2. The predicted molar refractivity (Wildman–Crippen MR) is 100 cm³/mol. The molecule has 1 saturated heterocycles. The third-order valence-corrected chi connectivity index (χ3v) is 5.70. The van der Waals surface area contributed by atoms with Gasteiger partial charge < -0.3 is 10.2 Å². The quantitative estimate of drug-likeness (QED) is 0.903. The predicted octanol–water partition coefficient (Wildman–Crippen LogP) is 3.56. The summed E-state index contributed by atoms with van der Waals surface area (Å²) in [4.78, 5) is 27.2. The van der Waals surface area contributed by atoms with E-state index in [4.69, 9.17) is 5.26 Å². The van der Waals surface area contributed by atoms with Crippen molar-refractivity contribution in [3.63, 3.8) is 0 Å². The molecule has 1 aromatic carbocycles. The van der Waals surface area contributed by atoms with Gasteiger partial charge in [0.25, 0.3) is 0 Å². The fraction of sp³-hybridized carbons (Fsp3) is 0.571. The summed E-state index contributed by atoms with van der Waals surface area (Å²) < 4.78 is 0. The molecule has 0 bridgehead atoms. The van der Waals surface area contributed by atoms with Crippen molar-refractivity contribution in [3.05, 3.63) is 29.8 Å². The Labute approximate surface area is 155 Å². The van der Waals surface area contributed by atoms with Gasteiger partial charge in [0.1, 0.15) is 0 Å². The van der Waals surface area contributed by atoms with Crippen molar-refractivity contribution in [2.45, 2.75) is 45.4 Å². The maximum atomic E-state index is 12.7. The summed E-state index contributed by atoms with van der Waals surface area (Å²) in [5.41, 5.74) is 1.29. The topological polar surface area (TPSA) is 73.2 Å². The monoisotopic (exact) mass is 353 g/mol. The molecule has 1 aliphatic carbocycles. The molecule has 138 valence electrons. The van der Waals surface area contributed by atoms with Gasteiger partial charge in [-0.15, -0.1) is 0 Å². The maximum absolute atomic E-state index is 12.7. The minimum absolute atomic E-state index is 0.0206. The SMILES string of the molecule is CC1CCCN(C(=O)C2CCC(C(=O)Nc3ccc(C#N)cc3)CC2)C1. The second-order valence-corrected chi connectivity index (χ2v) is 7.76. The minimum Gasteiger partial charge on any atom is -0.342 e. The van der Waals surface area contributed by atoms with Crippen molar-refractivity contribution in [1.29, 1.82) is 5.26 Å². The highest BCUT2D eigenvalue weighted by Crippen LogP contribution is 2.32. The van der Waals surface area contributed by atoms with E-state index >= 15 is 0 Å². The van der Waals surface area contributed by atoms with Crippen LogP contribution in [-0.4, -0.2) is 29.8 Å². The van der Waals surface area contributed by atoms with Crippen molar-refractivity contribution in [3.8, 4) is 6.07 Å². The second kappa shape index (κ2) is 8.35. The number of anilines is 1. The Hall–Kier alpha value is -2.35. The molecular formula is C21H27N3O2. The molecule has 5 heteroatoms. The van der Waals surface area contributed by atoms with E-state index in [1.54, 1.807) is 24.3 Å². The van der Waals surface area contributed by atoms with Crippen LogP contribution in [0.4, 0.5) is 5.69 Å². The van der Waals surface area contributed by atoms with Crippen molar-refractivity contribution in [1.82, 2.24) is 4.90 Å². The van der Waals surface area contributed by atoms with E-state index in [9.17, 15) is 9.59 Å². The number of nitriles is 1. The molecular weight excluding hydrogens is 326 g/mol. The van der Waals surface area contributed by atoms with E-state index in [0.717, 1.165) is 50.9 Å². The Morgan fingerprint density at radius 3 is 2.35 bits per heavy atom. The van der Waals surface area contributed by atoms with E-state index in [1.807, 2.05) is 4.90 Å². The van der Waals surface area contributed by atoms with E-state index in [2.05, 4.69) is 18.3 Å². The third-order valence-electron chi connectivity index (χ3n) is 5.70. The second-order valence-electron chi connectivity index (χ2n) is 7.76. The standard InChI is InChI=1S/C21H27N3O2/c1-15-3-2-12-24(14-15)21(26)18-8-6-17(7-9-18)20(25)23-19-10-4-16(13-22)5-11-19/h4-5,10-11,15,17-18H,2-3,6-9,12,14H2,1H3,(H,23,25). The van der Waals surface area contributed by atoms with Crippen LogP contribution in [0.5, 0.6) is 0 Å². The number of amides is 2. The Morgan fingerprint density at radius 2 is 1.73 bits per heavy atom. The maximum Gasteiger partial charge on any atom is 0.227 e. The lowest BCUT2D eigenvalue weighted by atomic mass is 9.80. The van der Waals surface area contributed by atoms with Gasteiger partial charge in [-0.3, -0.25) is 9.59 Å². The molecule has 1 saturated carbocycles. The summed E-state index contributed by atoms with van der Waals surface area (Å²) in [6, 6.07) is 8.97. The van der Waals surface area contributed by atoms with E-state index in [1.165, 1.54) is 6.42 Å². The van der Waals surface area contributed by atoms with Crippen molar-refractivity contribution in [2.24, 2.45) is 17.8 Å². The molecule has 2 amide bonds. The van der Waals surface area contributed by atoms with Crippen molar-refractivity contribution in [2.75, 3.05) is 18.4 Å². The van der Waals surface area contributed by atoms with Gasteiger partial charge in [-0.25, -0.2) is 0 Å². The molecule has 5 nitrogen and oxygen atoms in total. The lowest BCUT2D eigenvalue weighted by Gasteiger charge is -2.35. The lowest BCUT2D eigenvalue weighted by Crippen LogP contribution is -2.43. The average Bonchev–Trinajstić information content (AvgIpc) is 2.68. The van der Waals surface area contributed by atoms with Crippen LogP contribution < -0.4 is 5.32 Å². The first-order chi connectivity index (χ1) is 12.6. The molecule has 26 heavy (non-hydrogen) atoms. The number of nitrogens with zero attached hydrogens (tertiary/aromatic N) is 2. The van der Waals surface area contributed by atoms with Crippen LogP contribution in [0.15, 0.2) is 24.3 Å².